The number of allylic oxidation sites excluding steroid dienone is 1. The number of anilines is 1. The number of aliphatic hydroxyl groups is 4. The molecule has 1 aromatic carbocycles. The Kier molecular flexibility index (Phi) is 7.71. The van der Waals surface area contributed by atoms with Gasteiger partial charge in [-0.05, 0) is 45.3 Å². The molecule has 3 aliphatic rings. The number of nitrogens with zero attached hydrogens (tertiary/aromatic N) is 1. The first-order valence-corrected chi connectivity index (χ1v) is 13.0. The second-order valence-electron chi connectivity index (χ2n) is 11.3. The molecule has 40 heavy (non-hydrogen) atoms. The van der Waals surface area contributed by atoms with Gasteiger partial charge in [-0.15, -0.1) is 0 Å². The highest BCUT2D eigenvalue weighted by atomic mass is 19.1. The highest BCUT2D eigenvalue weighted by Crippen LogP contribution is 2.53. The number of nitrogens with two attached hydrogens (primary N) is 1. The Labute approximate surface area is 230 Å². The van der Waals surface area contributed by atoms with Gasteiger partial charge in [0, 0.05) is 29.7 Å². The number of carbonyl (C=O) groups excluding carboxylic acids is 3. The Morgan fingerprint density at radius 1 is 1.23 bits per heavy atom. The molecule has 0 heterocycles. The Hall–Kier alpha value is -3.52. The van der Waals surface area contributed by atoms with Crippen LogP contribution in [0.15, 0.2) is 28.7 Å². The van der Waals surface area contributed by atoms with E-state index in [2.05, 4.69) is 10.6 Å². The predicted molar refractivity (Wildman–Crippen MR) is 141 cm³/mol. The molecule has 0 bridgehead atoms. The van der Waals surface area contributed by atoms with Crippen LogP contribution >= 0.6 is 0 Å². The summed E-state index contributed by atoms with van der Waals surface area (Å²) >= 11 is 0. The number of phenolic OH excluding ortho intramolecular Hbond substituents is 1. The van der Waals surface area contributed by atoms with Crippen molar-refractivity contribution in [3.05, 3.63) is 45.7 Å². The topological polar surface area (TPSA) is 206 Å². The lowest BCUT2D eigenvalue weighted by atomic mass is 9.58. The molecular formula is C27H35FN4O8. The molecule has 218 valence electrons. The van der Waals surface area contributed by atoms with E-state index in [1.54, 1.807) is 0 Å². The van der Waals surface area contributed by atoms with Crippen molar-refractivity contribution < 1.29 is 44.3 Å². The molecule has 13 heteroatoms. The standard InChI is InChI=1S/C27H35FN4O8/c1-10(2)8-30-9-16(33)31-15-7-14(28)12-5-11-6-13-20(32(3)4)23(36)19(26(29)39)25(38)27(13,40)24(37)17(11)22(35)18(12)21(15)34/h7,10-11,13,16,20,30-31,33-34,36-37,40H,5-6,8-9H2,1-4H3,(H2,29,39)/t11-,13-,16?,20-,27-/m0/s1. The summed E-state index contributed by atoms with van der Waals surface area (Å²) < 4.78 is 15.3. The Morgan fingerprint density at radius 3 is 2.45 bits per heavy atom. The minimum atomic E-state index is -2.78. The van der Waals surface area contributed by atoms with Gasteiger partial charge >= 0.3 is 0 Å². The number of aromatic hydroxyl groups is 1. The van der Waals surface area contributed by atoms with Crippen molar-refractivity contribution in [1.82, 2.24) is 10.2 Å². The maximum absolute atomic E-state index is 15.3. The third-order valence-electron chi connectivity index (χ3n) is 7.88. The number of ketones is 2. The summed E-state index contributed by atoms with van der Waals surface area (Å²) in [5.41, 5.74) is 0.352. The number of fused-ring (bicyclic) bond motifs is 3. The molecule has 0 aromatic heterocycles. The summed E-state index contributed by atoms with van der Waals surface area (Å²) in [6.07, 6.45) is -1.56. The number of rotatable bonds is 8. The minimum absolute atomic E-state index is 0.0599. The number of hydrogen-bond acceptors (Lipinski definition) is 11. The quantitative estimate of drug-likeness (QED) is 0.122. The number of Topliss-reactive ketones (excluding diaryl/α,β-unsaturated/α-hetero) is 2. The Balaban J connectivity index is 1.79. The number of primary amides is 1. The summed E-state index contributed by atoms with van der Waals surface area (Å²) in [6.45, 7) is 4.60. The lowest BCUT2D eigenvalue weighted by Gasteiger charge is -2.50. The van der Waals surface area contributed by atoms with Crippen LogP contribution in [0.1, 0.15) is 36.2 Å². The predicted octanol–water partition coefficient (Wildman–Crippen LogP) is 0.236. The van der Waals surface area contributed by atoms with Crippen LogP contribution in [0.4, 0.5) is 10.1 Å². The van der Waals surface area contributed by atoms with Gasteiger partial charge in [-0.1, -0.05) is 13.8 Å². The fraction of sp³-hybridized carbons (Fsp3) is 0.519. The minimum Gasteiger partial charge on any atom is -0.510 e. The third kappa shape index (κ3) is 4.52. The average Bonchev–Trinajstić information content (AvgIpc) is 2.83. The molecule has 1 aromatic rings. The largest absolute Gasteiger partial charge is 0.510 e. The molecule has 4 rings (SSSR count). The fourth-order valence-electron chi connectivity index (χ4n) is 6.12. The molecule has 0 spiro atoms. The molecule has 1 unspecified atom stereocenters. The number of benzene rings is 1. The fourth-order valence-corrected chi connectivity index (χ4v) is 6.12. The number of nitrogens with one attached hydrogen (secondary N) is 2. The van der Waals surface area contributed by atoms with E-state index >= 15 is 4.39 Å². The molecule has 0 radical (unpaired) electrons. The van der Waals surface area contributed by atoms with E-state index in [1.165, 1.54) is 19.0 Å². The Bertz CT molecular complexity index is 1340. The molecule has 12 nitrogen and oxygen atoms in total. The SMILES string of the molecule is CC(C)CNCC(O)Nc1cc(F)c2c(c1O)C(=O)C1=C(O)[C@]3(O)C(=O)C(C(N)=O)=C(O)[C@@H](N(C)C)[C@@H]3C[C@@H]1C2. The average molecular weight is 563 g/mol. The number of hydrogen-bond donors (Lipinski definition) is 8. The van der Waals surface area contributed by atoms with Crippen LogP contribution in [-0.4, -0.2) is 93.0 Å². The summed E-state index contributed by atoms with van der Waals surface area (Å²) in [7, 11) is 3.04. The molecule has 3 aliphatic carbocycles. The summed E-state index contributed by atoms with van der Waals surface area (Å²) in [6, 6.07) is -0.178. The van der Waals surface area contributed by atoms with Crippen LogP contribution in [0.2, 0.25) is 0 Å². The van der Waals surface area contributed by atoms with E-state index in [0.29, 0.717) is 12.5 Å². The van der Waals surface area contributed by atoms with Crippen LogP contribution in [-0.2, 0) is 16.0 Å². The highest BCUT2D eigenvalue weighted by Gasteiger charge is 2.63. The van der Waals surface area contributed by atoms with Gasteiger partial charge in [0.15, 0.2) is 11.4 Å². The normalized spacial score (nSPS) is 27.1. The second-order valence-corrected chi connectivity index (χ2v) is 11.3. The molecule has 0 aliphatic heterocycles. The van der Waals surface area contributed by atoms with E-state index in [0.717, 1.165) is 6.07 Å². The number of carbonyl (C=O) groups is 3. The van der Waals surface area contributed by atoms with Gasteiger partial charge in [-0.25, -0.2) is 4.39 Å². The van der Waals surface area contributed by atoms with Crippen molar-refractivity contribution in [2.75, 3.05) is 32.5 Å². The van der Waals surface area contributed by atoms with Crippen molar-refractivity contribution >= 4 is 23.2 Å². The van der Waals surface area contributed by atoms with E-state index in [-0.39, 0.29) is 30.6 Å². The molecule has 5 atom stereocenters. The Morgan fingerprint density at radius 2 is 1.88 bits per heavy atom. The summed E-state index contributed by atoms with van der Waals surface area (Å²) in [5.74, 6) is -8.71. The maximum atomic E-state index is 15.3. The smallest absolute Gasteiger partial charge is 0.255 e. The van der Waals surface area contributed by atoms with Crippen molar-refractivity contribution in [2.45, 2.75) is 44.6 Å². The van der Waals surface area contributed by atoms with E-state index in [1.807, 2.05) is 13.8 Å². The van der Waals surface area contributed by atoms with Crippen LogP contribution in [0.25, 0.3) is 0 Å². The number of phenols is 1. The van der Waals surface area contributed by atoms with Crippen molar-refractivity contribution in [2.24, 2.45) is 23.5 Å². The lowest BCUT2D eigenvalue weighted by Crippen LogP contribution is -2.63. The molecule has 0 saturated carbocycles. The zero-order chi connectivity index (χ0) is 29.8. The number of halogens is 1. The van der Waals surface area contributed by atoms with Gasteiger partial charge in [-0.2, -0.15) is 0 Å². The van der Waals surface area contributed by atoms with Gasteiger partial charge < -0.3 is 41.9 Å². The van der Waals surface area contributed by atoms with E-state index in [9.17, 15) is 39.9 Å². The number of amides is 1. The zero-order valence-corrected chi connectivity index (χ0v) is 22.7. The van der Waals surface area contributed by atoms with Gasteiger partial charge in [0.1, 0.15) is 34.9 Å². The van der Waals surface area contributed by atoms with Crippen LogP contribution in [0.3, 0.4) is 0 Å². The summed E-state index contributed by atoms with van der Waals surface area (Å²) in [4.78, 5) is 40.5. The van der Waals surface area contributed by atoms with Crippen LogP contribution in [0.5, 0.6) is 5.75 Å². The van der Waals surface area contributed by atoms with Crippen molar-refractivity contribution in [1.29, 1.82) is 0 Å². The molecule has 9 N–H and O–H groups in total. The first-order chi connectivity index (χ1) is 18.6. The maximum Gasteiger partial charge on any atom is 0.255 e. The molecule has 1 amide bonds. The van der Waals surface area contributed by atoms with Crippen molar-refractivity contribution in [3.63, 3.8) is 0 Å². The molecular weight excluding hydrogens is 527 g/mol. The van der Waals surface area contributed by atoms with Crippen LogP contribution in [0, 0.1) is 23.6 Å². The summed E-state index contributed by atoms with van der Waals surface area (Å²) in [5, 5.41) is 60.5. The highest BCUT2D eigenvalue weighted by molar-refractivity contribution is 6.24. The van der Waals surface area contributed by atoms with Gasteiger partial charge in [0.25, 0.3) is 5.91 Å². The van der Waals surface area contributed by atoms with Crippen LogP contribution < -0.4 is 16.4 Å². The van der Waals surface area contributed by atoms with E-state index in [4.69, 9.17) is 5.73 Å². The number of likely N-dealkylation sites (N-methyl/N-ethyl adjacent to an activating group) is 1. The van der Waals surface area contributed by atoms with Gasteiger partial charge in [-0.3, -0.25) is 19.3 Å². The number of aliphatic hydroxyl groups excluding tert-OH is 3. The van der Waals surface area contributed by atoms with E-state index < -0.39 is 87.0 Å². The monoisotopic (exact) mass is 562 g/mol. The van der Waals surface area contributed by atoms with Gasteiger partial charge in [0.05, 0.1) is 17.3 Å². The lowest BCUT2D eigenvalue weighted by molar-refractivity contribution is -0.148. The third-order valence-corrected chi connectivity index (χ3v) is 7.88. The second kappa shape index (κ2) is 10.5. The van der Waals surface area contributed by atoms with Crippen molar-refractivity contribution in [3.8, 4) is 5.75 Å². The zero-order valence-electron chi connectivity index (χ0n) is 22.7. The molecule has 0 saturated heterocycles. The molecule has 0 fully saturated rings. The first kappa shape index (κ1) is 29.5. The van der Waals surface area contributed by atoms with Gasteiger partial charge in [0.2, 0.25) is 5.78 Å². The first-order valence-electron chi connectivity index (χ1n) is 13.0.